The van der Waals surface area contributed by atoms with Crippen molar-refractivity contribution in [2.45, 2.75) is 70.9 Å². The van der Waals surface area contributed by atoms with Crippen LogP contribution in [-0.4, -0.2) is 55.5 Å². The number of aromatic nitrogens is 2. The van der Waals surface area contributed by atoms with Crippen LogP contribution in [0.15, 0.2) is 24.5 Å². The standard InChI is InChI=1S/C28H40ClFN4O2/c1-19(17-35-3)34-21-6-4-20(5-7-21)12-22-13-24(26(30)16-31-22)25-14-23(15-32-27(25)29)33-18-28(2)8-10-36-11-9-28/h13-16,19-21,33-34H,4-12,17-18H2,1-3H3/t19-,20?,21?/m0/s1. The quantitative estimate of drug-likeness (QED) is 0.382. The Balaban J connectivity index is 1.40. The van der Waals surface area contributed by atoms with Gasteiger partial charge in [-0.1, -0.05) is 18.5 Å². The first-order valence-electron chi connectivity index (χ1n) is 13.2. The maximum absolute atomic E-state index is 14.9. The van der Waals surface area contributed by atoms with Crippen LogP contribution in [0, 0.1) is 17.2 Å². The van der Waals surface area contributed by atoms with Gasteiger partial charge in [-0.05, 0) is 75.3 Å². The van der Waals surface area contributed by atoms with Crippen molar-refractivity contribution in [1.29, 1.82) is 0 Å². The first-order valence-corrected chi connectivity index (χ1v) is 13.6. The SMILES string of the molecule is COC[C@H](C)NC1CCC(Cc2cc(-c3cc(NCC4(C)CCOCC4)cnc3Cl)c(F)cn2)CC1. The van der Waals surface area contributed by atoms with Crippen molar-refractivity contribution < 1.29 is 13.9 Å². The number of nitrogens with zero attached hydrogens (tertiary/aromatic N) is 2. The van der Waals surface area contributed by atoms with Crippen molar-refractivity contribution in [3.05, 3.63) is 41.2 Å². The highest BCUT2D eigenvalue weighted by molar-refractivity contribution is 6.32. The van der Waals surface area contributed by atoms with Gasteiger partial charge in [0.1, 0.15) is 11.0 Å². The first kappa shape index (κ1) is 27.2. The summed E-state index contributed by atoms with van der Waals surface area (Å²) < 4.78 is 25.7. The number of pyridine rings is 2. The zero-order valence-corrected chi connectivity index (χ0v) is 22.5. The van der Waals surface area contributed by atoms with Crippen molar-refractivity contribution in [2.24, 2.45) is 11.3 Å². The van der Waals surface area contributed by atoms with Gasteiger partial charge in [0.15, 0.2) is 0 Å². The van der Waals surface area contributed by atoms with Crippen LogP contribution >= 0.6 is 11.6 Å². The van der Waals surface area contributed by atoms with E-state index in [-0.39, 0.29) is 11.2 Å². The monoisotopic (exact) mass is 518 g/mol. The van der Waals surface area contributed by atoms with Crippen molar-refractivity contribution in [2.75, 3.05) is 38.8 Å². The summed E-state index contributed by atoms with van der Waals surface area (Å²) in [7, 11) is 1.74. The minimum Gasteiger partial charge on any atom is -0.383 e. The van der Waals surface area contributed by atoms with E-state index in [1.807, 2.05) is 12.1 Å². The average Bonchev–Trinajstić information content (AvgIpc) is 2.87. The van der Waals surface area contributed by atoms with E-state index in [0.29, 0.717) is 34.3 Å². The van der Waals surface area contributed by atoms with E-state index in [4.69, 9.17) is 21.1 Å². The average molecular weight is 519 g/mol. The van der Waals surface area contributed by atoms with Crippen LogP contribution in [0.1, 0.15) is 58.1 Å². The summed E-state index contributed by atoms with van der Waals surface area (Å²) in [6.07, 6.45) is 10.5. The van der Waals surface area contributed by atoms with Crippen LogP contribution in [0.4, 0.5) is 10.1 Å². The molecule has 2 aromatic rings. The molecule has 6 nitrogen and oxygen atoms in total. The van der Waals surface area contributed by atoms with Crippen LogP contribution < -0.4 is 10.6 Å². The van der Waals surface area contributed by atoms with Gasteiger partial charge < -0.3 is 20.1 Å². The molecule has 36 heavy (non-hydrogen) atoms. The van der Waals surface area contributed by atoms with Crippen LogP contribution in [0.3, 0.4) is 0 Å². The second-order valence-corrected chi connectivity index (χ2v) is 11.3. The number of ether oxygens (including phenoxy) is 2. The fourth-order valence-electron chi connectivity index (χ4n) is 5.42. The molecule has 1 aliphatic carbocycles. The summed E-state index contributed by atoms with van der Waals surface area (Å²) >= 11 is 6.44. The summed E-state index contributed by atoms with van der Waals surface area (Å²) in [4.78, 5) is 8.76. The van der Waals surface area contributed by atoms with E-state index in [2.05, 4.69) is 34.4 Å². The number of halogens is 2. The van der Waals surface area contributed by atoms with Crippen molar-refractivity contribution >= 4 is 17.3 Å². The van der Waals surface area contributed by atoms with Gasteiger partial charge in [-0.2, -0.15) is 0 Å². The molecular formula is C28H40ClFN4O2. The lowest BCUT2D eigenvalue weighted by molar-refractivity contribution is 0.0300. The van der Waals surface area contributed by atoms with E-state index in [1.165, 1.54) is 6.20 Å². The maximum atomic E-state index is 14.9. The maximum Gasteiger partial charge on any atom is 0.149 e. The highest BCUT2D eigenvalue weighted by Crippen LogP contribution is 2.34. The van der Waals surface area contributed by atoms with Gasteiger partial charge in [0.2, 0.25) is 0 Å². The summed E-state index contributed by atoms with van der Waals surface area (Å²) in [6, 6.07) is 4.65. The van der Waals surface area contributed by atoms with Gasteiger partial charge >= 0.3 is 0 Å². The second-order valence-electron chi connectivity index (χ2n) is 10.9. The van der Waals surface area contributed by atoms with E-state index in [9.17, 15) is 4.39 Å². The molecule has 0 bridgehead atoms. The van der Waals surface area contributed by atoms with Crippen molar-refractivity contribution in [1.82, 2.24) is 15.3 Å². The van der Waals surface area contributed by atoms with E-state index in [0.717, 1.165) is 82.7 Å². The Morgan fingerprint density at radius 3 is 2.61 bits per heavy atom. The number of anilines is 1. The lowest BCUT2D eigenvalue weighted by atomic mass is 9.82. The summed E-state index contributed by atoms with van der Waals surface area (Å²) in [5, 5.41) is 7.45. The van der Waals surface area contributed by atoms with Gasteiger partial charge in [-0.3, -0.25) is 4.98 Å². The third kappa shape index (κ3) is 7.37. The minimum absolute atomic E-state index is 0.170. The molecule has 4 rings (SSSR count). The zero-order valence-electron chi connectivity index (χ0n) is 21.8. The predicted molar refractivity (Wildman–Crippen MR) is 143 cm³/mol. The second kappa shape index (κ2) is 12.6. The van der Waals surface area contributed by atoms with Crippen molar-refractivity contribution in [3.63, 3.8) is 0 Å². The largest absolute Gasteiger partial charge is 0.383 e. The topological polar surface area (TPSA) is 68.3 Å². The molecular weight excluding hydrogens is 479 g/mol. The number of hydrogen-bond acceptors (Lipinski definition) is 6. The molecule has 1 saturated carbocycles. The molecule has 0 aromatic carbocycles. The first-order chi connectivity index (χ1) is 17.3. The molecule has 1 atom stereocenters. The van der Waals surface area contributed by atoms with Gasteiger partial charge in [-0.15, -0.1) is 0 Å². The smallest absolute Gasteiger partial charge is 0.149 e. The molecule has 2 fully saturated rings. The van der Waals surface area contributed by atoms with Crippen LogP contribution in [0.2, 0.25) is 5.15 Å². The normalized spacial score (nSPS) is 22.8. The predicted octanol–water partition coefficient (Wildman–Crippen LogP) is 5.89. The number of nitrogens with one attached hydrogen (secondary N) is 2. The molecule has 3 heterocycles. The lowest BCUT2D eigenvalue weighted by Crippen LogP contribution is -2.41. The molecule has 2 aromatic heterocycles. The Bertz CT molecular complexity index is 994. The summed E-state index contributed by atoms with van der Waals surface area (Å²) in [5.74, 6) is 0.171. The zero-order chi connectivity index (χ0) is 25.5. The molecule has 1 aliphatic heterocycles. The number of hydrogen-bond donors (Lipinski definition) is 2. The summed E-state index contributed by atoms with van der Waals surface area (Å²) in [5.41, 5.74) is 2.97. The van der Waals surface area contributed by atoms with Crippen LogP contribution in [0.5, 0.6) is 0 Å². The Morgan fingerprint density at radius 1 is 1.14 bits per heavy atom. The minimum atomic E-state index is -0.379. The number of rotatable bonds is 10. The van der Waals surface area contributed by atoms with Gasteiger partial charge in [0, 0.05) is 55.8 Å². The molecule has 0 radical (unpaired) electrons. The third-order valence-corrected chi connectivity index (χ3v) is 8.04. The van der Waals surface area contributed by atoms with E-state index in [1.54, 1.807) is 13.3 Å². The van der Waals surface area contributed by atoms with E-state index < -0.39 is 0 Å². The molecule has 0 amide bonds. The molecule has 0 spiro atoms. The molecule has 198 valence electrons. The highest BCUT2D eigenvalue weighted by atomic mass is 35.5. The Morgan fingerprint density at radius 2 is 1.89 bits per heavy atom. The molecule has 2 N–H and O–H groups in total. The highest BCUT2D eigenvalue weighted by Gasteiger charge is 2.27. The molecule has 2 aliphatic rings. The van der Waals surface area contributed by atoms with Crippen molar-refractivity contribution in [3.8, 4) is 11.1 Å². The number of methoxy groups -OCH3 is 1. The molecule has 8 heteroatoms. The van der Waals surface area contributed by atoms with Gasteiger partial charge in [-0.25, -0.2) is 9.37 Å². The van der Waals surface area contributed by atoms with E-state index >= 15 is 0 Å². The fourth-order valence-corrected chi connectivity index (χ4v) is 5.62. The lowest BCUT2D eigenvalue weighted by Gasteiger charge is -2.33. The Hall–Kier alpha value is -1.80. The molecule has 0 unspecified atom stereocenters. The Kier molecular flexibility index (Phi) is 9.56. The van der Waals surface area contributed by atoms with Crippen LogP contribution in [-0.2, 0) is 15.9 Å². The fraction of sp³-hybridized carbons (Fsp3) is 0.643. The summed E-state index contributed by atoms with van der Waals surface area (Å²) in [6.45, 7) is 7.55. The Labute approximate surface area is 219 Å². The molecule has 1 saturated heterocycles. The third-order valence-electron chi connectivity index (χ3n) is 7.74. The van der Waals surface area contributed by atoms with Crippen LogP contribution in [0.25, 0.3) is 11.1 Å². The van der Waals surface area contributed by atoms with Gasteiger partial charge in [0.25, 0.3) is 0 Å². The van der Waals surface area contributed by atoms with Gasteiger partial charge in [0.05, 0.1) is 24.7 Å².